The Morgan fingerprint density at radius 1 is 1.22 bits per heavy atom. The zero-order chi connectivity index (χ0) is 19.3. The maximum Gasteiger partial charge on any atom is 0.238 e. The minimum atomic E-state index is -3.37. The molecule has 3 rings (SSSR count). The second kappa shape index (κ2) is 9.14. The van der Waals surface area contributed by atoms with Crippen molar-refractivity contribution < 1.29 is 17.9 Å². The highest BCUT2D eigenvalue weighted by molar-refractivity contribution is 7.88. The van der Waals surface area contributed by atoms with E-state index in [1.54, 1.807) is 0 Å². The average Bonchev–Trinajstić information content (AvgIpc) is 2.66. The zero-order valence-corrected chi connectivity index (χ0v) is 16.7. The molecule has 1 aromatic rings. The van der Waals surface area contributed by atoms with Gasteiger partial charge < -0.3 is 10.1 Å². The van der Waals surface area contributed by atoms with Crippen molar-refractivity contribution in [1.29, 1.82) is 0 Å². The molecule has 1 N–H and O–H groups in total. The molecule has 2 aliphatic heterocycles. The van der Waals surface area contributed by atoms with Crippen LogP contribution in [0.3, 0.4) is 0 Å². The Morgan fingerprint density at radius 3 is 2.74 bits per heavy atom. The molecule has 0 saturated carbocycles. The van der Waals surface area contributed by atoms with E-state index in [1.807, 2.05) is 18.2 Å². The second-order valence-electron chi connectivity index (χ2n) is 7.34. The molecule has 0 spiro atoms. The summed E-state index contributed by atoms with van der Waals surface area (Å²) in [4.78, 5) is 14.9. The summed E-state index contributed by atoms with van der Waals surface area (Å²) >= 11 is 0. The fourth-order valence-corrected chi connectivity index (χ4v) is 4.91. The van der Waals surface area contributed by atoms with E-state index in [-0.39, 0.29) is 12.0 Å². The molecule has 2 aliphatic rings. The summed E-state index contributed by atoms with van der Waals surface area (Å²) in [5.41, 5.74) is 1.26. The van der Waals surface area contributed by atoms with Gasteiger partial charge in [0.2, 0.25) is 15.9 Å². The highest BCUT2D eigenvalue weighted by Crippen LogP contribution is 2.20. The van der Waals surface area contributed by atoms with Crippen molar-refractivity contribution in [2.24, 2.45) is 0 Å². The number of hydrogen-bond acceptors (Lipinski definition) is 5. The number of carbonyl (C=O) groups is 1. The van der Waals surface area contributed by atoms with Gasteiger partial charge in [0.25, 0.3) is 0 Å². The van der Waals surface area contributed by atoms with Crippen LogP contribution in [0.1, 0.15) is 24.8 Å². The van der Waals surface area contributed by atoms with Gasteiger partial charge in [-0.25, -0.2) is 8.42 Å². The van der Waals surface area contributed by atoms with E-state index in [4.69, 9.17) is 4.74 Å². The number of nitrogens with zero attached hydrogens (tertiary/aromatic N) is 2. The van der Waals surface area contributed by atoms with Gasteiger partial charge in [0.15, 0.2) is 0 Å². The van der Waals surface area contributed by atoms with Gasteiger partial charge in [-0.3, -0.25) is 9.69 Å². The standard InChI is InChI=1S/C19H29N3O4S/c1-27(24,25)22-10-6-5-9-18(22)19(23)20-13-17-15-21(11-12-26-17)14-16-7-3-2-4-8-16/h2-4,7-8,17-18H,5-6,9-15H2,1H3,(H,20,23)/t17-,18-/m0/s1. The van der Waals surface area contributed by atoms with E-state index < -0.39 is 16.1 Å². The summed E-state index contributed by atoms with van der Waals surface area (Å²) in [7, 11) is -3.37. The first-order valence-electron chi connectivity index (χ1n) is 9.56. The number of amides is 1. The number of carbonyl (C=O) groups excluding carboxylic acids is 1. The second-order valence-corrected chi connectivity index (χ2v) is 9.28. The molecule has 8 heteroatoms. The predicted octanol–water partition coefficient (Wildman–Crippen LogP) is 0.818. The first-order chi connectivity index (χ1) is 12.9. The van der Waals surface area contributed by atoms with Gasteiger partial charge >= 0.3 is 0 Å². The summed E-state index contributed by atoms with van der Waals surface area (Å²) in [6, 6.07) is 9.69. The Balaban J connectivity index is 1.50. The van der Waals surface area contributed by atoms with E-state index in [1.165, 1.54) is 16.1 Å². The molecule has 1 aromatic carbocycles. The number of piperidine rings is 1. The van der Waals surface area contributed by atoms with Gasteiger partial charge in [0.1, 0.15) is 6.04 Å². The number of hydrogen-bond donors (Lipinski definition) is 1. The van der Waals surface area contributed by atoms with Gasteiger partial charge in [-0.2, -0.15) is 4.31 Å². The fraction of sp³-hybridized carbons (Fsp3) is 0.632. The average molecular weight is 396 g/mol. The van der Waals surface area contributed by atoms with Crippen LogP contribution in [0.4, 0.5) is 0 Å². The van der Waals surface area contributed by atoms with E-state index in [0.29, 0.717) is 26.1 Å². The Morgan fingerprint density at radius 2 is 2.00 bits per heavy atom. The summed E-state index contributed by atoms with van der Waals surface area (Å²) in [6.45, 7) is 3.92. The molecule has 1 amide bonds. The molecule has 0 bridgehead atoms. The third-order valence-electron chi connectivity index (χ3n) is 5.16. The lowest BCUT2D eigenvalue weighted by atomic mass is 10.0. The smallest absolute Gasteiger partial charge is 0.238 e. The van der Waals surface area contributed by atoms with Gasteiger partial charge in [-0.1, -0.05) is 36.8 Å². The maximum atomic E-state index is 12.6. The van der Waals surface area contributed by atoms with Gasteiger partial charge in [0.05, 0.1) is 19.0 Å². The van der Waals surface area contributed by atoms with Crippen molar-refractivity contribution in [1.82, 2.24) is 14.5 Å². The van der Waals surface area contributed by atoms with Gasteiger partial charge in [-0.05, 0) is 18.4 Å². The predicted molar refractivity (Wildman–Crippen MR) is 104 cm³/mol. The molecule has 2 saturated heterocycles. The van der Waals surface area contributed by atoms with Crippen LogP contribution in [0.2, 0.25) is 0 Å². The summed E-state index contributed by atoms with van der Waals surface area (Å²) in [5, 5.41) is 2.91. The van der Waals surface area contributed by atoms with Gasteiger partial charge in [-0.15, -0.1) is 0 Å². The van der Waals surface area contributed by atoms with Crippen molar-refractivity contribution in [3.05, 3.63) is 35.9 Å². The number of morpholine rings is 1. The summed E-state index contributed by atoms with van der Waals surface area (Å²) < 4.78 is 31.0. The van der Waals surface area contributed by atoms with Crippen LogP contribution < -0.4 is 5.32 Å². The molecule has 2 heterocycles. The van der Waals surface area contributed by atoms with Crippen molar-refractivity contribution in [3.63, 3.8) is 0 Å². The topological polar surface area (TPSA) is 79.0 Å². The zero-order valence-electron chi connectivity index (χ0n) is 15.8. The van der Waals surface area contributed by atoms with E-state index in [9.17, 15) is 13.2 Å². The first kappa shape index (κ1) is 20.3. The minimum Gasteiger partial charge on any atom is -0.374 e. The SMILES string of the molecule is CS(=O)(=O)N1CCCC[C@H]1C(=O)NC[C@H]1CN(Cc2ccccc2)CCO1. The molecule has 0 radical (unpaired) electrons. The third kappa shape index (κ3) is 5.75. The van der Waals surface area contributed by atoms with Crippen LogP contribution >= 0.6 is 0 Å². The van der Waals surface area contributed by atoms with Crippen molar-refractivity contribution >= 4 is 15.9 Å². The molecule has 7 nitrogen and oxygen atoms in total. The number of benzene rings is 1. The van der Waals surface area contributed by atoms with Crippen LogP contribution in [0.15, 0.2) is 30.3 Å². The minimum absolute atomic E-state index is 0.0818. The van der Waals surface area contributed by atoms with Crippen molar-refractivity contribution in [2.75, 3.05) is 39.0 Å². The lowest BCUT2D eigenvalue weighted by Crippen LogP contribution is -2.54. The van der Waals surface area contributed by atoms with Crippen LogP contribution in [0.5, 0.6) is 0 Å². The molecule has 2 fully saturated rings. The lowest BCUT2D eigenvalue weighted by Gasteiger charge is -2.35. The van der Waals surface area contributed by atoms with Crippen LogP contribution in [0, 0.1) is 0 Å². The van der Waals surface area contributed by atoms with Crippen LogP contribution in [-0.2, 0) is 26.1 Å². The molecule has 0 unspecified atom stereocenters. The number of rotatable bonds is 6. The van der Waals surface area contributed by atoms with Gasteiger partial charge in [0, 0.05) is 32.7 Å². The highest BCUT2D eigenvalue weighted by Gasteiger charge is 2.34. The molecule has 2 atom stereocenters. The largest absolute Gasteiger partial charge is 0.374 e. The number of ether oxygens (including phenoxy) is 1. The molecule has 0 aliphatic carbocycles. The third-order valence-corrected chi connectivity index (χ3v) is 6.45. The Labute approximate surface area is 161 Å². The highest BCUT2D eigenvalue weighted by atomic mass is 32.2. The van der Waals surface area contributed by atoms with E-state index >= 15 is 0 Å². The van der Waals surface area contributed by atoms with E-state index in [0.717, 1.165) is 32.5 Å². The molecule has 0 aromatic heterocycles. The lowest BCUT2D eigenvalue weighted by molar-refractivity contribution is -0.126. The monoisotopic (exact) mass is 395 g/mol. The number of sulfonamides is 1. The quantitative estimate of drug-likeness (QED) is 0.771. The Hall–Kier alpha value is -1.48. The van der Waals surface area contributed by atoms with Crippen LogP contribution in [0.25, 0.3) is 0 Å². The summed E-state index contributed by atoms with van der Waals surface area (Å²) in [6.07, 6.45) is 3.34. The summed E-state index contributed by atoms with van der Waals surface area (Å²) in [5.74, 6) is -0.219. The van der Waals surface area contributed by atoms with E-state index in [2.05, 4.69) is 22.3 Å². The number of nitrogens with one attached hydrogen (secondary N) is 1. The maximum absolute atomic E-state index is 12.6. The van der Waals surface area contributed by atoms with Crippen LogP contribution in [-0.4, -0.2) is 74.7 Å². The van der Waals surface area contributed by atoms with Crippen molar-refractivity contribution in [3.8, 4) is 0 Å². The normalized spacial score (nSPS) is 25.2. The fourth-order valence-electron chi connectivity index (χ4n) is 3.79. The first-order valence-corrected chi connectivity index (χ1v) is 11.4. The molecule has 27 heavy (non-hydrogen) atoms. The molecular formula is C19H29N3O4S. The Kier molecular flexibility index (Phi) is 6.86. The Bertz CT molecular complexity index is 726. The van der Waals surface area contributed by atoms with Crippen molar-refractivity contribution in [2.45, 2.75) is 38.0 Å². The molecular weight excluding hydrogens is 366 g/mol. The molecule has 150 valence electrons.